The van der Waals surface area contributed by atoms with Crippen LogP contribution >= 0.6 is 15.9 Å². The molecule has 0 amide bonds. The molecular formula is C12H14BrN3O. The van der Waals surface area contributed by atoms with Gasteiger partial charge in [-0.1, -0.05) is 22.9 Å². The van der Waals surface area contributed by atoms with Gasteiger partial charge in [0, 0.05) is 16.2 Å². The number of hydrogen-bond donors (Lipinski definition) is 3. The lowest BCUT2D eigenvalue weighted by atomic mass is 10.0. The fraction of sp³-hybridized carbons (Fsp3) is 0.250. The van der Waals surface area contributed by atoms with Crippen molar-refractivity contribution in [3.8, 4) is 5.75 Å². The first-order chi connectivity index (χ1) is 8.20. The van der Waals surface area contributed by atoms with E-state index in [2.05, 4.69) is 38.4 Å². The Morgan fingerprint density at radius 1 is 1.53 bits per heavy atom. The molecule has 2 aromatic rings. The van der Waals surface area contributed by atoms with Gasteiger partial charge in [-0.2, -0.15) is 5.10 Å². The summed E-state index contributed by atoms with van der Waals surface area (Å²) in [6.45, 7) is 2.07. The third-order valence-electron chi connectivity index (χ3n) is 2.61. The Hall–Kier alpha value is -1.49. The molecule has 90 valence electrons. The van der Waals surface area contributed by atoms with Crippen molar-refractivity contribution in [3.63, 3.8) is 0 Å². The monoisotopic (exact) mass is 295 g/mol. The molecular weight excluding hydrogens is 282 g/mol. The summed E-state index contributed by atoms with van der Waals surface area (Å²) in [4.78, 5) is 0. The van der Waals surface area contributed by atoms with Crippen molar-refractivity contribution in [2.45, 2.75) is 19.4 Å². The van der Waals surface area contributed by atoms with E-state index >= 15 is 0 Å². The molecule has 0 spiro atoms. The maximum atomic E-state index is 9.88. The van der Waals surface area contributed by atoms with Crippen LogP contribution in [0.3, 0.4) is 0 Å². The summed E-state index contributed by atoms with van der Waals surface area (Å²) in [5.74, 6) is 0.302. The smallest absolute Gasteiger partial charge is 0.120 e. The molecule has 2 rings (SSSR count). The topological polar surface area (TPSA) is 60.9 Å². The van der Waals surface area contributed by atoms with Crippen LogP contribution in [0.2, 0.25) is 0 Å². The Morgan fingerprint density at radius 2 is 2.35 bits per heavy atom. The number of anilines is 1. The van der Waals surface area contributed by atoms with Gasteiger partial charge in [0.1, 0.15) is 5.75 Å². The SMILES string of the molecule is CCC(Nc1cn[nH]c1)c1cc(Br)ccc1O. The van der Waals surface area contributed by atoms with Crippen LogP contribution in [0, 0.1) is 0 Å². The number of aromatic amines is 1. The molecule has 4 nitrogen and oxygen atoms in total. The molecule has 0 fully saturated rings. The van der Waals surface area contributed by atoms with Gasteiger partial charge in [0.15, 0.2) is 0 Å². The fourth-order valence-electron chi connectivity index (χ4n) is 1.74. The molecule has 1 aromatic carbocycles. The second kappa shape index (κ2) is 5.23. The van der Waals surface area contributed by atoms with Gasteiger partial charge in [-0.05, 0) is 24.6 Å². The highest BCUT2D eigenvalue weighted by Gasteiger charge is 2.14. The van der Waals surface area contributed by atoms with Gasteiger partial charge in [-0.25, -0.2) is 0 Å². The van der Waals surface area contributed by atoms with E-state index in [-0.39, 0.29) is 6.04 Å². The van der Waals surface area contributed by atoms with Gasteiger partial charge >= 0.3 is 0 Å². The molecule has 0 radical (unpaired) electrons. The molecule has 0 saturated carbocycles. The molecule has 0 aliphatic heterocycles. The predicted molar refractivity (Wildman–Crippen MR) is 71.0 cm³/mol. The maximum absolute atomic E-state index is 9.88. The number of halogens is 1. The highest BCUT2D eigenvalue weighted by atomic mass is 79.9. The Kier molecular flexibility index (Phi) is 3.68. The number of hydrogen-bond acceptors (Lipinski definition) is 3. The van der Waals surface area contributed by atoms with Crippen molar-refractivity contribution in [1.29, 1.82) is 0 Å². The average Bonchev–Trinajstić information content (AvgIpc) is 2.82. The normalized spacial score (nSPS) is 12.4. The Balaban J connectivity index is 2.25. The molecule has 0 saturated heterocycles. The third-order valence-corrected chi connectivity index (χ3v) is 3.11. The number of aromatic nitrogens is 2. The van der Waals surface area contributed by atoms with Gasteiger partial charge in [0.25, 0.3) is 0 Å². The van der Waals surface area contributed by atoms with Crippen LogP contribution < -0.4 is 5.32 Å². The number of aromatic hydroxyl groups is 1. The van der Waals surface area contributed by atoms with Gasteiger partial charge < -0.3 is 10.4 Å². The minimum Gasteiger partial charge on any atom is -0.508 e. The Morgan fingerprint density at radius 3 is 3.00 bits per heavy atom. The van der Waals surface area contributed by atoms with Crippen LogP contribution in [-0.2, 0) is 0 Å². The van der Waals surface area contributed by atoms with Gasteiger partial charge in [0.2, 0.25) is 0 Å². The highest BCUT2D eigenvalue weighted by Crippen LogP contribution is 2.31. The summed E-state index contributed by atoms with van der Waals surface area (Å²) in [5, 5.41) is 19.8. The first-order valence-electron chi connectivity index (χ1n) is 5.44. The van der Waals surface area contributed by atoms with Crippen LogP contribution in [0.25, 0.3) is 0 Å². The molecule has 3 N–H and O–H groups in total. The lowest BCUT2D eigenvalue weighted by Gasteiger charge is -2.18. The van der Waals surface area contributed by atoms with Crippen molar-refractivity contribution in [2.24, 2.45) is 0 Å². The first-order valence-corrected chi connectivity index (χ1v) is 6.23. The summed E-state index contributed by atoms with van der Waals surface area (Å²) in [6.07, 6.45) is 4.38. The number of phenolic OH excluding ortho intramolecular Hbond substituents is 1. The van der Waals surface area contributed by atoms with E-state index in [0.717, 1.165) is 22.1 Å². The van der Waals surface area contributed by atoms with E-state index in [4.69, 9.17) is 0 Å². The zero-order chi connectivity index (χ0) is 12.3. The minimum atomic E-state index is 0.0603. The van der Waals surface area contributed by atoms with Crippen molar-refractivity contribution in [2.75, 3.05) is 5.32 Å². The summed E-state index contributed by atoms with van der Waals surface area (Å²) in [6, 6.07) is 5.50. The molecule has 17 heavy (non-hydrogen) atoms. The van der Waals surface area contributed by atoms with E-state index in [0.29, 0.717) is 5.75 Å². The number of benzene rings is 1. The van der Waals surface area contributed by atoms with E-state index < -0.39 is 0 Å². The summed E-state index contributed by atoms with van der Waals surface area (Å²) >= 11 is 3.41. The van der Waals surface area contributed by atoms with Crippen LogP contribution in [0.1, 0.15) is 24.9 Å². The molecule has 1 aromatic heterocycles. The van der Waals surface area contributed by atoms with Crippen molar-refractivity contribution >= 4 is 21.6 Å². The van der Waals surface area contributed by atoms with Crippen LogP contribution in [-0.4, -0.2) is 15.3 Å². The number of nitrogens with one attached hydrogen (secondary N) is 2. The van der Waals surface area contributed by atoms with E-state index in [9.17, 15) is 5.11 Å². The molecule has 5 heteroatoms. The highest BCUT2D eigenvalue weighted by molar-refractivity contribution is 9.10. The average molecular weight is 296 g/mol. The second-order valence-electron chi connectivity index (χ2n) is 3.80. The third kappa shape index (κ3) is 2.79. The Bertz CT molecular complexity index is 485. The first kappa shape index (κ1) is 12.0. The molecule has 1 heterocycles. The molecule has 0 aliphatic carbocycles. The molecule has 1 unspecified atom stereocenters. The van der Waals surface area contributed by atoms with E-state index in [1.807, 2.05) is 12.1 Å². The minimum absolute atomic E-state index is 0.0603. The molecule has 0 bridgehead atoms. The fourth-order valence-corrected chi connectivity index (χ4v) is 2.11. The molecule has 1 atom stereocenters. The van der Waals surface area contributed by atoms with E-state index in [1.165, 1.54) is 0 Å². The Labute approximate surface area is 108 Å². The van der Waals surface area contributed by atoms with Gasteiger partial charge in [-0.3, -0.25) is 5.10 Å². The summed E-state index contributed by atoms with van der Waals surface area (Å²) < 4.78 is 0.956. The van der Waals surface area contributed by atoms with Crippen molar-refractivity contribution < 1.29 is 5.11 Å². The van der Waals surface area contributed by atoms with Gasteiger partial charge in [0.05, 0.1) is 17.9 Å². The largest absolute Gasteiger partial charge is 0.508 e. The number of rotatable bonds is 4. The van der Waals surface area contributed by atoms with Crippen LogP contribution in [0.4, 0.5) is 5.69 Å². The van der Waals surface area contributed by atoms with E-state index in [1.54, 1.807) is 18.5 Å². The number of nitrogens with zero attached hydrogens (tertiary/aromatic N) is 1. The second-order valence-corrected chi connectivity index (χ2v) is 4.71. The zero-order valence-corrected chi connectivity index (χ0v) is 11.0. The van der Waals surface area contributed by atoms with Crippen molar-refractivity contribution in [1.82, 2.24) is 10.2 Å². The lowest BCUT2D eigenvalue weighted by molar-refractivity contribution is 0.462. The number of H-pyrrole nitrogens is 1. The number of phenols is 1. The van der Waals surface area contributed by atoms with Crippen LogP contribution in [0.15, 0.2) is 35.1 Å². The van der Waals surface area contributed by atoms with Crippen molar-refractivity contribution in [3.05, 3.63) is 40.6 Å². The van der Waals surface area contributed by atoms with Crippen LogP contribution in [0.5, 0.6) is 5.75 Å². The standard InChI is InChI=1S/C12H14BrN3O/c1-2-11(16-9-6-14-15-7-9)10-5-8(13)3-4-12(10)17/h3-7,11,16-17H,2H2,1H3,(H,14,15). The van der Waals surface area contributed by atoms with Gasteiger partial charge in [-0.15, -0.1) is 0 Å². The zero-order valence-electron chi connectivity index (χ0n) is 9.44. The maximum Gasteiger partial charge on any atom is 0.120 e. The summed E-state index contributed by atoms with van der Waals surface area (Å²) in [5.41, 5.74) is 1.79. The summed E-state index contributed by atoms with van der Waals surface area (Å²) in [7, 11) is 0. The molecule has 0 aliphatic rings. The lowest BCUT2D eigenvalue weighted by Crippen LogP contribution is -2.09. The quantitative estimate of drug-likeness (QED) is 0.810. The predicted octanol–water partition coefficient (Wildman–Crippen LogP) is 3.44.